The summed E-state index contributed by atoms with van der Waals surface area (Å²) in [5.41, 5.74) is 0.559. The van der Waals surface area contributed by atoms with Gasteiger partial charge in [-0.25, -0.2) is 0 Å². The first-order valence-corrected chi connectivity index (χ1v) is 9.27. The lowest BCUT2D eigenvalue weighted by Gasteiger charge is -2.34. The van der Waals surface area contributed by atoms with Crippen LogP contribution in [0.1, 0.15) is 16.1 Å². The molecule has 3 aromatic rings. The molecule has 1 aliphatic rings. The largest absolute Gasteiger partial charge is 0.459 e. The van der Waals surface area contributed by atoms with E-state index in [9.17, 15) is 10.1 Å². The fourth-order valence-corrected chi connectivity index (χ4v) is 3.44. The van der Waals surface area contributed by atoms with Crippen molar-refractivity contribution in [1.29, 1.82) is 5.26 Å². The van der Waals surface area contributed by atoms with Gasteiger partial charge < -0.3 is 18.6 Å². The maximum absolute atomic E-state index is 12.8. The highest BCUT2D eigenvalue weighted by molar-refractivity contribution is 6.43. The number of carbonyl (C=O) groups excluding carboxylic acids is 1. The number of carbonyl (C=O) groups is 1. The standard InChI is InChI=1S/C19H14Cl2N4O3/c20-13-4-1-3-12(16(13)21)18(26)24-6-8-25(9-7-24)19-14(11-22)23-17(28-19)15-5-2-10-27-15/h1-5,10H,6-9H2. The topological polar surface area (TPSA) is 86.5 Å². The van der Waals surface area contributed by atoms with Crippen molar-refractivity contribution < 1.29 is 13.6 Å². The number of hydrogen-bond donors (Lipinski definition) is 0. The molecule has 3 heterocycles. The summed E-state index contributed by atoms with van der Waals surface area (Å²) < 4.78 is 11.0. The molecule has 0 saturated carbocycles. The predicted molar refractivity (Wildman–Crippen MR) is 103 cm³/mol. The van der Waals surface area contributed by atoms with Crippen molar-refractivity contribution in [1.82, 2.24) is 9.88 Å². The molecule has 1 saturated heterocycles. The van der Waals surface area contributed by atoms with Crippen molar-refractivity contribution in [2.24, 2.45) is 0 Å². The van der Waals surface area contributed by atoms with Gasteiger partial charge in [-0.3, -0.25) is 4.79 Å². The van der Waals surface area contributed by atoms with E-state index in [1.165, 1.54) is 6.26 Å². The molecular formula is C19H14Cl2N4O3. The summed E-state index contributed by atoms with van der Waals surface area (Å²) in [6.07, 6.45) is 1.51. The summed E-state index contributed by atoms with van der Waals surface area (Å²) in [5, 5.41) is 9.98. The number of oxazole rings is 1. The van der Waals surface area contributed by atoms with Crippen LogP contribution < -0.4 is 4.90 Å². The van der Waals surface area contributed by atoms with Gasteiger partial charge in [-0.05, 0) is 24.3 Å². The molecule has 1 aromatic carbocycles. The second kappa shape index (κ2) is 7.58. The summed E-state index contributed by atoms with van der Waals surface area (Å²) in [6.45, 7) is 1.88. The Hall–Kier alpha value is -2.95. The summed E-state index contributed by atoms with van der Waals surface area (Å²) in [6, 6.07) is 10.5. The molecule has 28 heavy (non-hydrogen) atoms. The van der Waals surface area contributed by atoms with Crippen molar-refractivity contribution in [2.45, 2.75) is 0 Å². The Morgan fingerprint density at radius 1 is 1.14 bits per heavy atom. The number of nitrogens with zero attached hydrogens (tertiary/aromatic N) is 4. The molecule has 0 aliphatic carbocycles. The number of aromatic nitrogens is 1. The summed E-state index contributed by atoms with van der Waals surface area (Å²) >= 11 is 12.2. The fraction of sp³-hybridized carbons (Fsp3) is 0.211. The van der Waals surface area contributed by atoms with Crippen LogP contribution in [0.4, 0.5) is 5.88 Å². The number of furan rings is 1. The maximum Gasteiger partial charge on any atom is 0.266 e. The van der Waals surface area contributed by atoms with Crippen LogP contribution >= 0.6 is 23.2 Å². The third kappa shape index (κ3) is 3.33. The van der Waals surface area contributed by atoms with Crippen molar-refractivity contribution in [3.8, 4) is 17.7 Å². The molecule has 0 N–H and O–H groups in total. The lowest BCUT2D eigenvalue weighted by molar-refractivity contribution is 0.0745. The van der Waals surface area contributed by atoms with Gasteiger partial charge in [0.15, 0.2) is 5.76 Å². The van der Waals surface area contributed by atoms with Crippen LogP contribution in [-0.4, -0.2) is 42.0 Å². The number of benzene rings is 1. The smallest absolute Gasteiger partial charge is 0.266 e. The van der Waals surface area contributed by atoms with E-state index in [0.29, 0.717) is 48.4 Å². The van der Waals surface area contributed by atoms with E-state index in [1.807, 2.05) is 11.0 Å². The van der Waals surface area contributed by atoms with E-state index < -0.39 is 0 Å². The lowest BCUT2D eigenvalue weighted by Crippen LogP contribution is -2.49. The first-order chi connectivity index (χ1) is 13.6. The molecule has 142 valence electrons. The third-order valence-electron chi connectivity index (χ3n) is 4.48. The van der Waals surface area contributed by atoms with Gasteiger partial charge in [0.2, 0.25) is 11.6 Å². The van der Waals surface area contributed by atoms with E-state index in [2.05, 4.69) is 4.98 Å². The van der Waals surface area contributed by atoms with E-state index in [0.717, 1.165) is 0 Å². The number of amides is 1. The summed E-state index contributed by atoms with van der Waals surface area (Å²) in [4.78, 5) is 20.5. The molecule has 0 radical (unpaired) electrons. The molecule has 7 nitrogen and oxygen atoms in total. The number of halogens is 2. The monoisotopic (exact) mass is 416 g/mol. The zero-order valence-electron chi connectivity index (χ0n) is 14.6. The number of rotatable bonds is 3. The Morgan fingerprint density at radius 2 is 1.93 bits per heavy atom. The molecule has 0 bridgehead atoms. The van der Waals surface area contributed by atoms with Crippen LogP contribution in [0.5, 0.6) is 0 Å². The van der Waals surface area contributed by atoms with Crippen LogP contribution in [0, 0.1) is 11.3 Å². The quantitative estimate of drug-likeness (QED) is 0.639. The highest BCUT2D eigenvalue weighted by Crippen LogP contribution is 2.30. The minimum absolute atomic E-state index is 0.179. The molecular weight excluding hydrogens is 403 g/mol. The fourth-order valence-electron chi connectivity index (χ4n) is 3.06. The first-order valence-electron chi connectivity index (χ1n) is 8.51. The Morgan fingerprint density at radius 3 is 2.61 bits per heavy atom. The van der Waals surface area contributed by atoms with Crippen LogP contribution in [0.25, 0.3) is 11.7 Å². The summed E-state index contributed by atoms with van der Waals surface area (Å²) in [5.74, 6) is 0.899. The van der Waals surface area contributed by atoms with Gasteiger partial charge >= 0.3 is 0 Å². The zero-order chi connectivity index (χ0) is 19.7. The van der Waals surface area contributed by atoms with Crippen LogP contribution in [0.3, 0.4) is 0 Å². The molecule has 4 rings (SSSR count). The van der Waals surface area contributed by atoms with Crippen molar-refractivity contribution >= 4 is 35.0 Å². The van der Waals surface area contributed by atoms with Crippen molar-refractivity contribution in [3.63, 3.8) is 0 Å². The van der Waals surface area contributed by atoms with Gasteiger partial charge in [-0.15, -0.1) is 0 Å². The molecule has 1 aliphatic heterocycles. The van der Waals surface area contributed by atoms with Crippen molar-refractivity contribution in [3.05, 3.63) is 57.9 Å². The first kappa shape index (κ1) is 18.4. The molecule has 9 heteroatoms. The summed E-state index contributed by atoms with van der Waals surface area (Å²) in [7, 11) is 0. The van der Waals surface area contributed by atoms with E-state index in [1.54, 1.807) is 35.2 Å². The van der Waals surface area contributed by atoms with E-state index >= 15 is 0 Å². The van der Waals surface area contributed by atoms with Gasteiger partial charge in [0, 0.05) is 26.2 Å². The normalized spacial score (nSPS) is 14.2. The van der Waals surface area contributed by atoms with Crippen LogP contribution in [-0.2, 0) is 0 Å². The molecule has 0 spiro atoms. The maximum atomic E-state index is 12.8. The number of hydrogen-bond acceptors (Lipinski definition) is 6. The molecule has 0 atom stereocenters. The third-order valence-corrected chi connectivity index (χ3v) is 5.30. The Balaban J connectivity index is 1.50. The number of piperazine rings is 1. The lowest BCUT2D eigenvalue weighted by atomic mass is 10.1. The minimum atomic E-state index is -0.179. The SMILES string of the molecule is N#Cc1nc(-c2ccco2)oc1N1CCN(C(=O)c2cccc(Cl)c2Cl)CC1. The van der Waals surface area contributed by atoms with Crippen molar-refractivity contribution in [2.75, 3.05) is 31.1 Å². The molecule has 2 aromatic heterocycles. The Kier molecular flexibility index (Phi) is 4.99. The number of nitriles is 1. The van der Waals surface area contributed by atoms with Gasteiger partial charge in [-0.2, -0.15) is 10.2 Å². The second-order valence-electron chi connectivity index (χ2n) is 6.14. The highest BCUT2D eigenvalue weighted by Gasteiger charge is 2.28. The Labute approximate surface area is 170 Å². The van der Waals surface area contributed by atoms with E-state index in [-0.39, 0.29) is 22.5 Å². The predicted octanol–water partition coefficient (Wildman–Crippen LogP) is 4.08. The van der Waals surface area contributed by atoms with Crippen LogP contribution in [0.15, 0.2) is 45.4 Å². The highest BCUT2D eigenvalue weighted by atomic mass is 35.5. The Bertz CT molecular complexity index is 1050. The molecule has 1 fully saturated rings. The molecule has 1 amide bonds. The zero-order valence-corrected chi connectivity index (χ0v) is 16.1. The van der Waals surface area contributed by atoms with Gasteiger partial charge in [-0.1, -0.05) is 29.3 Å². The minimum Gasteiger partial charge on any atom is -0.459 e. The van der Waals surface area contributed by atoms with Crippen LogP contribution in [0.2, 0.25) is 10.0 Å². The van der Waals surface area contributed by atoms with Gasteiger partial charge in [0.25, 0.3) is 11.8 Å². The van der Waals surface area contributed by atoms with Gasteiger partial charge in [0.1, 0.15) is 6.07 Å². The number of anilines is 1. The average molecular weight is 417 g/mol. The van der Waals surface area contributed by atoms with E-state index in [4.69, 9.17) is 32.0 Å². The molecule has 0 unspecified atom stereocenters. The average Bonchev–Trinajstić information content (AvgIpc) is 3.39. The second-order valence-corrected chi connectivity index (χ2v) is 6.93. The van der Waals surface area contributed by atoms with Gasteiger partial charge in [0.05, 0.1) is 21.9 Å².